The second kappa shape index (κ2) is 9.70. The molecule has 0 saturated carbocycles. The number of nitrogens with one attached hydrogen (secondary N) is 1. The number of carbonyl (C=O) groups is 3. The molecule has 37 heavy (non-hydrogen) atoms. The lowest BCUT2D eigenvalue weighted by atomic mass is 10.0. The molecular formula is C27H23N5O4S. The Labute approximate surface area is 217 Å². The molecule has 0 aliphatic carbocycles. The van der Waals surface area contributed by atoms with Crippen molar-refractivity contribution in [2.45, 2.75) is 0 Å². The molecule has 2 unspecified atom stereocenters. The molecule has 0 spiro atoms. The lowest BCUT2D eigenvalue weighted by Crippen LogP contribution is -2.33. The van der Waals surface area contributed by atoms with Crippen LogP contribution in [-0.4, -0.2) is 58.1 Å². The molecule has 10 heteroatoms. The lowest BCUT2D eigenvalue weighted by molar-refractivity contribution is -0.115. The predicted octanol–water partition coefficient (Wildman–Crippen LogP) is 3.80. The van der Waals surface area contributed by atoms with Gasteiger partial charge in [-0.2, -0.15) is 4.98 Å². The number of nitrogens with zero attached hydrogens (tertiary/aromatic N) is 4. The number of aromatic nitrogens is 2. The fourth-order valence-corrected chi connectivity index (χ4v) is 5.61. The Bertz CT molecular complexity index is 1380. The minimum absolute atomic E-state index is 0.0619. The number of fused-ring (bicyclic) bond motifs is 1. The third-order valence-corrected chi connectivity index (χ3v) is 7.48. The summed E-state index contributed by atoms with van der Waals surface area (Å²) in [5, 5.41) is 1.85. The Morgan fingerprint density at radius 3 is 2.27 bits per heavy atom. The summed E-state index contributed by atoms with van der Waals surface area (Å²) < 4.78 is 5.99. The van der Waals surface area contributed by atoms with E-state index in [-0.39, 0.29) is 10.8 Å². The van der Waals surface area contributed by atoms with Gasteiger partial charge < -0.3 is 14.5 Å². The highest BCUT2D eigenvalue weighted by Gasteiger charge is 2.42. The summed E-state index contributed by atoms with van der Waals surface area (Å²) in [5.41, 5.74) is 1.18. The minimum Gasteiger partial charge on any atom is -0.439 e. The van der Waals surface area contributed by atoms with E-state index in [4.69, 9.17) is 4.74 Å². The van der Waals surface area contributed by atoms with Crippen LogP contribution < -0.4 is 15.0 Å². The van der Waals surface area contributed by atoms with Crippen molar-refractivity contribution in [3.8, 4) is 11.6 Å². The van der Waals surface area contributed by atoms with Crippen molar-refractivity contribution in [1.29, 1.82) is 0 Å². The summed E-state index contributed by atoms with van der Waals surface area (Å²) in [5.74, 6) is 1.70. The second-order valence-electron chi connectivity index (χ2n) is 9.20. The molecule has 3 amide bonds. The van der Waals surface area contributed by atoms with E-state index < -0.39 is 11.1 Å². The van der Waals surface area contributed by atoms with Gasteiger partial charge in [-0.05, 0) is 42.1 Å². The number of imide groups is 1. The Morgan fingerprint density at radius 1 is 0.946 bits per heavy atom. The largest absolute Gasteiger partial charge is 0.439 e. The summed E-state index contributed by atoms with van der Waals surface area (Å²) in [4.78, 5) is 50.3. The molecule has 9 nitrogen and oxygen atoms in total. The quantitative estimate of drug-likeness (QED) is 0.514. The molecule has 3 fully saturated rings. The van der Waals surface area contributed by atoms with Gasteiger partial charge >= 0.3 is 0 Å². The molecule has 2 atom stereocenters. The molecule has 186 valence electrons. The molecule has 1 N–H and O–H groups in total. The number of para-hydroxylation sites is 1. The van der Waals surface area contributed by atoms with Gasteiger partial charge in [0.1, 0.15) is 5.75 Å². The number of hydrogen-bond acceptors (Lipinski definition) is 8. The Hall–Kier alpha value is -4.18. The number of rotatable bonds is 5. The number of thioether (sulfide) groups is 1. The SMILES string of the molecule is O=C1NC(=O)/C(=C\c2cc(Oc3ccccc3)nc(N3CC4CN(C(=O)c5ccccc5)CC4C3)n2)S1. The van der Waals surface area contributed by atoms with Crippen LogP contribution in [0.2, 0.25) is 0 Å². The molecule has 2 aromatic carbocycles. The van der Waals surface area contributed by atoms with Gasteiger partial charge in [0.05, 0.1) is 10.6 Å². The van der Waals surface area contributed by atoms with Crippen LogP contribution in [0, 0.1) is 11.8 Å². The third-order valence-electron chi connectivity index (χ3n) is 6.67. The summed E-state index contributed by atoms with van der Waals surface area (Å²) in [7, 11) is 0. The van der Waals surface area contributed by atoms with Crippen molar-refractivity contribution in [1.82, 2.24) is 20.2 Å². The molecule has 1 aromatic heterocycles. The summed E-state index contributed by atoms with van der Waals surface area (Å²) in [6.07, 6.45) is 1.57. The number of carbonyl (C=O) groups excluding carboxylic acids is 3. The molecule has 3 aliphatic rings. The zero-order valence-corrected chi connectivity index (χ0v) is 20.6. The van der Waals surface area contributed by atoms with Gasteiger partial charge in [0.2, 0.25) is 11.8 Å². The van der Waals surface area contributed by atoms with E-state index in [1.807, 2.05) is 65.6 Å². The van der Waals surface area contributed by atoms with Gasteiger partial charge in [-0.1, -0.05) is 36.4 Å². The zero-order valence-electron chi connectivity index (χ0n) is 19.7. The summed E-state index contributed by atoms with van der Waals surface area (Å²) >= 11 is 0.840. The van der Waals surface area contributed by atoms with Crippen LogP contribution in [0.15, 0.2) is 71.6 Å². The minimum atomic E-state index is -0.445. The first kappa shape index (κ1) is 23.2. The normalized spacial score (nSPS) is 21.9. The van der Waals surface area contributed by atoms with Crippen molar-refractivity contribution < 1.29 is 19.1 Å². The molecular weight excluding hydrogens is 490 g/mol. The van der Waals surface area contributed by atoms with Crippen molar-refractivity contribution >= 4 is 40.8 Å². The number of anilines is 1. The standard InChI is InChI=1S/C27H23N5O4S/c33-24-22(37-27(35)30-24)11-20-12-23(36-21-9-5-2-6-10-21)29-26(28-20)32-15-18-13-31(14-19(18)16-32)25(34)17-7-3-1-4-8-17/h1-12,18-19H,13-16H2,(H,30,33,35)/b22-11+. The summed E-state index contributed by atoms with van der Waals surface area (Å²) in [6, 6.07) is 20.3. The van der Waals surface area contributed by atoms with E-state index in [1.165, 1.54) is 0 Å². The maximum absolute atomic E-state index is 12.9. The van der Waals surface area contributed by atoms with Crippen LogP contribution in [0.25, 0.3) is 6.08 Å². The average Bonchev–Trinajstić information content (AvgIpc) is 3.57. The highest BCUT2D eigenvalue weighted by molar-refractivity contribution is 8.18. The fourth-order valence-electron chi connectivity index (χ4n) is 4.95. The van der Waals surface area contributed by atoms with E-state index in [2.05, 4.69) is 20.2 Å². The van der Waals surface area contributed by atoms with E-state index in [0.29, 0.717) is 66.9 Å². The number of ether oxygens (including phenoxy) is 1. The van der Waals surface area contributed by atoms with Crippen LogP contribution in [-0.2, 0) is 4.79 Å². The van der Waals surface area contributed by atoms with Gasteiger partial charge in [0, 0.05) is 49.6 Å². The number of hydrogen-bond donors (Lipinski definition) is 1. The maximum atomic E-state index is 12.9. The molecule has 4 heterocycles. The van der Waals surface area contributed by atoms with Gasteiger partial charge in [-0.25, -0.2) is 4.98 Å². The fraction of sp³-hybridized carbons (Fsp3) is 0.222. The topological polar surface area (TPSA) is 105 Å². The molecule has 3 aliphatic heterocycles. The van der Waals surface area contributed by atoms with Crippen molar-refractivity contribution in [2.75, 3.05) is 31.1 Å². The maximum Gasteiger partial charge on any atom is 0.290 e. The Balaban J connectivity index is 1.23. The summed E-state index contributed by atoms with van der Waals surface area (Å²) in [6.45, 7) is 2.79. The number of benzene rings is 2. The van der Waals surface area contributed by atoms with E-state index in [0.717, 1.165) is 11.8 Å². The van der Waals surface area contributed by atoms with Crippen molar-refractivity contribution in [3.05, 3.63) is 82.9 Å². The monoisotopic (exact) mass is 513 g/mol. The first-order valence-corrected chi connectivity index (χ1v) is 12.8. The molecule has 0 bridgehead atoms. The average molecular weight is 514 g/mol. The van der Waals surface area contributed by atoms with E-state index in [1.54, 1.807) is 12.1 Å². The number of likely N-dealkylation sites (tertiary alicyclic amines) is 1. The second-order valence-corrected chi connectivity index (χ2v) is 10.2. The highest BCUT2D eigenvalue weighted by Crippen LogP contribution is 2.35. The molecule has 0 radical (unpaired) electrons. The third kappa shape index (κ3) is 4.92. The van der Waals surface area contributed by atoms with Gasteiger partial charge in [-0.3, -0.25) is 19.7 Å². The van der Waals surface area contributed by atoms with E-state index in [9.17, 15) is 14.4 Å². The molecule has 3 aromatic rings. The van der Waals surface area contributed by atoms with Crippen molar-refractivity contribution in [3.63, 3.8) is 0 Å². The Morgan fingerprint density at radius 2 is 1.62 bits per heavy atom. The lowest BCUT2D eigenvalue weighted by Gasteiger charge is -2.22. The van der Waals surface area contributed by atoms with Gasteiger partial charge in [0.25, 0.3) is 17.1 Å². The van der Waals surface area contributed by atoms with Crippen LogP contribution in [0.4, 0.5) is 10.7 Å². The van der Waals surface area contributed by atoms with Gasteiger partial charge in [-0.15, -0.1) is 0 Å². The number of amides is 3. The smallest absolute Gasteiger partial charge is 0.290 e. The highest BCUT2D eigenvalue weighted by atomic mass is 32.2. The molecule has 3 saturated heterocycles. The van der Waals surface area contributed by atoms with Gasteiger partial charge in [0.15, 0.2) is 0 Å². The van der Waals surface area contributed by atoms with Crippen LogP contribution in [0.1, 0.15) is 16.1 Å². The predicted molar refractivity (Wildman–Crippen MR) is 139 cm³/mol. The first-order chi connectivity index (χ1) is 18.0. The Kier molecular flexibility index (Phi) is 6.09. The molecule has 6 rings (SSSR count). The van der Waals surface area contributed by atoms with Crippen LogP contribution in [0.5, 0.6) is 11.6 Å². The first-order valence-electron chi connectivity index (χ1n) is 12.0. The van der Waals surface area contributed by atoms with E-state index >= 15 is 0 Å². The van der Waals surface area contributed by atoms with Crippen LogP contribution >= 0.6 is 11.8 Å². The van der Waals surface area contributed by atoms with Crippen molar-refractivity contribution in [2.24, 2.45) is 11.8 Å². The van der Waals surface area contributed by atoms with Crippen LogP contribution in [0.3, 0.4) is 0 Å². The zero-order chi connectivity index (χ0) is 25.4.